The Kier molecular flexibility index (Phi) is 4.26. The molecule has 3 rings (SSSR count). The van der Waals surface area contributed by atoms with Crippen LogP contribution in [0.25, 0.3) is 11.0 Å². The van der Waals surface area contributed by atoms with E-state index in [1.807, 2.05) is 6.26 Å². The quantitative estimate of drug-likeness (QED) is 0.230. The molecule has 9 heteroatoms. The standard InChI is InChI=1S/C14H9ClN4O3S/c1-23-14-16-7-8-6-11(12(15)17-13(8)18-14)22-10-4-2-9(3-5-10)19(20)21/h2-7H,1H3. The molecule has 0 atom stereocenters. The SMILES string of the molecule is CSc1ncc2cc(Oc3ccc([N+](=O)[O-])cc3)c(Cl)nc2n1. The van der Waals surface area contributed by atoms with Crippen molar-refractivity contribution in [2.75, 3.05) is 6.26 Å². The predicted octanol–water partition coefficient (Wildman–Crippen LogP) is 4.10. The van der Waals surface area contributed by atoms with Crippen molar-refractivity contribution in [2.45, 2.75) is 5.16 Å². The van der Waals surface area contributed by atoms with E-state index >= 15 is 0 Å². The molecule has 116 valence electrons. The molecule has 3 aromatic rings. The first-order valence-electron chi connectivity index (χ1n) is 6.36. The largest absolute Gasteiger partial charge is 0.454 e. The number of thioether (sulfide) groups is 1. The van der Waals surface area contributed by atoms with Crippen molar-refractivity contribution in [3.8, 4) is 11.5 Å². The Labute approximate surface area is 139 Å². The van der Waals surface area contributed by atoms with Gasteiger partial charge in [-0.1, -0.05) is 23.4 Å². The summed E-state index contributed by atoms with van der Waals surface area (Å²) in [5.74, 6) is 0.744. The van der Waals surface area contributed by atoms with Gasteiger partial charge < -0.3 is 4.74 Å². The molecule has 1 aromatic carbocycles. The fourth-order valence-corrected chi connectivity index (χ4v) is 2.35. The topological polar surface area (TPSA) is 91.0 Å². The molecule has 0 saturated carbocycles. The smallest absolute Gasteiger partial charge is 0.269 e. The van der Waals surface area contributed by atoms with Crippen LogP contribution in [0.2, 0.25) is 5.15 Å². The number of non-ortho nitro benzene ring substituents is 1. The van der Waals surface area contributed by atoms with E-state index in [9.17, 15) is 10.1 Å². The first-order chi connectivity index (χ1) is 11.1. The predicted molar refractivity (Wildman–Crippen MR) is 87.3 cm³/mol. The van der Waals surface area contributed by atoms with Crippen molar-refractivity contribution >= 4 is 40.1 Å². The highest BCUT2D eigenvalue weighted by Gasteiger charge is 2.11. The number of pyridine rings is 1. The van der Waals surface area contributed by atoms with Gasteiger partial charge in [0.15, 0.2) is 21.7 Å². The fraction of sp³-hybridized carbons (Fsp3) is 0.0714. The van der Waals surface area contributed by atoms with Gasteiger partial charge in [-0.15, -0.1) is 0 Å². The number of halogens is 1. The molecular weight excluding hydrogens is 340 g/mol. The summed E-state index contributed by atoms with van der Waals surface area (Å²) in [4.78, 5) is 22.8. The molecule has 0 N–H and O–H groups in total. The van der Waals surface area contributed by atoms with Gasteiger partial charge in [-0.25, -0.2) is 15.0 Å². The van der Waals surface area contributed by atoms with Crippen LogP contribution < -0.4 is 4.74 Å². The molecular formula is C14H9ClN4O3S. The lowest BCUT2D eigenvalue weighted by molar-refractivity contribution is -0.384. The lowest BCUT2D eigenvalue weighted by Gasteiger charge is -2.08. The normalized spacial score (nSPS) is 10.7. The van der Waals surface area contributed by atoms with Crippen LogP contribution in [-0.4, -0.2) is 26.1 Å². The van der Waals surface area contributed by atoms with Crippen molar-refractivity contribution in [2.24, 2.45) is 0 Å². The second-order valence-electron chi connectivity index (χ2n) is 4.40. The third kappa shape index (κ3) is 3.33. The summed E-state index contributed by atoms with van der Waals surface area (Å²) in [5.41, 5.74) is 0.462. The van der Waals surface area contributed by atoms with Crippen LogP contribution in [0.4, 0.5) is 5.69 Å². The molecule has 7 nitrogen and oxygen atoms in total. The minimum Gasteiger partial charge on any atom is -0.454 e. The summed E-state index contributed by atoms with van der Waals surface area (Å²) in [6, 6.07) is 7.37. The van der Waals surface area contributed by atoms with Crippen LogP contribution in [0.3, 0.4) is 0 Å². The summed E-state index contributed by atoms with van der Waals surface area (Å²) in [7, 11) is 0. The number of aromatic nitrogens is 3. The number of fused-ring (bicyclic) bond motifs is 1. The number of hydrogen-bond acceptors (Lipinski definition) is 7. The number of nitrogens with zero attached hydrogens (tertiary/aromatic N) is 4. The van der Waals surface area contributed by atoms with Gasteiger partial charge in [-0.3, -0.25) is 10.1 Å². The Bertz CT molecular complexity index is 889. The van der Waals surface area contributed by atoms with Gasteiger partial charge in [-0.2, -0.15) is 0 Å². The van der Waals surface area contributed by atoms with E-state index in [0.717, 1.165) is 0 Å². The number of benzene rings is 1. The van der Waals surface area contributed by atoms with Gasteiger partial charge >= 0.3 is 0 Å². The fourth-order valence-electron chi connectivity index (χ4n) is 1.84. The van der Waals surface area contributed by atoms with Gasteiger partial charge in [0.25, 0.3) is 5.69 Å². The van der Waals surface area contributed by atoms with E-state index in [4.69, 9.17) is 16.3 Å². The highest BCUT2D eigenvalue weighted by Crippen LogP contribution is 2.31. The van der Waals surface area contributed by atoms with Gasteiger partial charge in [-0.05, 0) is 24.5 Å². The molecule has 0 aliphatic heterocycles. The average Bonchev–Trinajstić information content (AvgIpc) is 2.55. The highest BCUT2D eigenvalue weighted by molar-refractivity contribution is 7.98. The number of nitro groups is 1. The summed E-state index contributed by atoms with van der Waals surface area (Å²) >= 11 is 7.53. The Morgan fingerprint density at radius 3 is 2.65 bits per heavy atom. The second kappa shape index (κ2) is 6.35. The van der Waals surface area contributed by atoms with Gasteiger partial charge in [0.2, 0.25) is 0 Å². The summed E-state index contributed by atoms with van der Waals surface area (Å²) in [6.45, 7) is 0. The number of rotatable bonds is 4. The first kappa shape index (κ1) is 15.4. The Hall–Kier alpha value is -2.45. The Morgan fingerprint density at radius 1 is 1.26 bits per heavy atom. The maximum absolute atomic E-state index is 10.6. The van der Waals surface area contributed by atoms with E-state index in [2.05, 4.69) is 15.0 Å². The van der Waals surface area contributed by atoms with Crippen molar-refractivity contribution < 1.29 is 9.66 Å². The number of ether oxygens (including phenoxy) is 1. The molecule has 0 spiro atoms. The Morgan fingerprint density at radius 2 is 2.00 bits per heavy atom. The van der Waals surface area contributed by atoms with Crippen LogP contribution in [0, 0.1) is 10.1 Å². The molecule has 0 bridgehead atoms. The van der Waals surface area contributed by atoms with E-state index < -0.39 is 4.92 Å². The minimum atomic E-state index is -0.477. The summed E-state index contributed by atoms with van der Waals surface area (Å²) < 4.78 is 5.63. The third-order valence-corrected chi connectivity index (χ3v) is 3.76. The van der Waals surface area contributed by atoms with Crippen LogP contribution in [-0.2, 0) is 0 Å². The second-order valence-corrected chi connectivity index (χ2v) is 5.53. The lowest BCUT2D eigenvalue weighted by atomic mass is 10.3. The van der Waals surface area contributed by atoms with Crippen LogP contribution in [0.15, 0.2) is 41.7 Å². The zero-order chi connectivity index (χ0) is 16.4. The van der Waals surface area contributed by atoms with E-state index in [0.29, 0.717) is 27.7 Å². The molecule has 0 aliphatic carbocycles. The van der Waals surface area contributed by atoms with E-state index in [1.165, 1.54) is 36.0 Å². The molecule has 0 saturated heterocycles. The molecule has 0 fully saturated rings. The van der Waals surface area contributed by atoms with E-state index in [1.54, 1.807) is 12.3 Å². The third-order valence-electron chi connectivity index (χ3n) is 2.93. The average molecular weight is 349 g/mol. The Balaban J connectivity index is 1.93. The molecule has 0 unspecified atom stereocenters. The number of nitro benzene ring substituents is 1. The molecule has 0 aliphatic rings. The van der Waals surface area contributed by atoms with Gasteiger partial charge in [0.1, 0.15) is 5.75 Å². The van der Waals surface area contributed by atoms with Crippen molar-refractivity contribution in [3.05, 3.63) is 51.8 Å². The van der Waals surface area contributed by atoms with Crippen molar-refractivity contribution in [1.82, 2.24) is 15.0 Å². The molecule has 0 amide bonds. The maximum Gasteiger partial charge on any atom is 0.269 e. The summed E-state index contributed by atoms with van der Waals surface area (Å²) in [5, 5.41) is 12.1. The highest BCUT2D eigenvalue weighted by atomic mass is 35.5. The maximum atomic E-state index is 10.6. The molecule has 23 heavy (non-hydrogen) atoms. The van der Waals surface area contributed by atoms with Crippen LogP contribution in [0.1, 0.15) is 0 Å². The van der Waals surface area contributed by atoms with Crippen molar-refractivity contribution in [3.63, 3.8) is 0 Å². The monoisotopic (exact) mass is 348 g/mol. The van der Waals surface area contributed by atoms with Gasteiger partial charge in [0.05, 0.1) is 4.92 Å². The molecule has 0 radical (unpaired) electrons. The number of hydrogen-bond donors (Lipinski definition) is 0. The first-order valence-corrected chi connectivity index (χ1v) is 7.96. The minimum absolute atomic E-state index is 0.0157. The van der Waals surface area contributed by atoms with E-state index in [-0.39, 0.29) is 10.8 Å². The van der Waals surface area contributed by atoms with Gasteiger partial charge in [0, 0.05) is 23.7 Å². The molecule has 2 heterocycles. The van der Waals surface area contributed by atoms with Crippen molar-refractivity contribution in [1.29, 1.82) is 0 Å². The molecule has 2 aromatic heterocycles. The summed E-state index contributed by atoms with van der Waals surface area (Å²) in [6.07, 6.45) is 3.51. The van der Waals surface area contributed by atoms with Crippen LogP contribution >= 0.6 is 23.4 Å². The van der Waals surface area contributed by atoms with Crippen LogP contribution in [0.5, 0.6) is 11.5 Å². The zero-order valence-corrected chi connectivity index (χ0v) is 13.3. The zero-order valence-electron chi connectivity index (χ0n) is 11.8. The lowest BCUT2D eigenvalue weighted by Crippen LogP contribution is -1.93.